The Morgan fingerprint density at radius 1 is 1.28 bits per heavy atom. The highest BCUT2D eigenvalue weighted by molar-refractivity contribution is 14.0. The summed E-state index contributed by atoms with van der Waals surface area (Å²) in [5.41, 5.74) is 0. The molecule has 2 saturated heterocycles. The number of guanidine groups is 1. The van der Waals surface area contributed by atoms with Gasteiger partial charge in [-0.25, -0.2) is 0 Å². The van der Waals surface area contributed by atoms with Crippen LogP contribution < -0.4 is 10.6 Å². The number of ether oxygens (including phenoxy) is 2. The second-order valence-electron chi connectivity index (χ2n) is 6.98. The normalized spacial score (nSPS) is 24.8. The summed E-state index contributed by atoms with van der Waals surface area (Å²) in [5, 5.41) is 6.75. The lowest BCUT2D eigenvalue weighted by Gasteiger charge is -2.28. The second-order valence-corrected chi connectivity index (χ2v) is 6.98. The van der Waals surface area contributed by atoms with Gasteiger partial charge in [0.15, 0.2) is 5.96 Å². The van der Waals surface area contributed by atoms with Gasteiger partial charge in [0.05, 0.1) is 12.7 Å². The number of likely N-dealkylation sites (tertiary alicyclic amines) is 1. The van der Waals surface area contributed by atoms with Crippen molar-refractivity contribution in [1.29, 1.82) is 0 Å². The standard InChI is InChI=1S/C18H36N4O2.HI/c1-3-19-18(21-13-16-7-4-10-22(2)14-16)20-9-6-11-23-15-17-8-5-12-24-17;/h16-17H,3-15H2,1-2H3,(H2,19,20,21);1H. The van der Waals surface area contributed by atoms with E-state index in [0.29, 0.717) is 12.0 Å². The van der Waals surface area contributed by atoms with Gasteiger partial charge in [-0.15, -0.1) is 24.0 Å². The summed E-state index contributed by atoms with van der Waals surface area (Å²) in [7, 11) is 2.20. The Morgan fingerprint density at radius 3 is 2.88 bits per heavy atom. The monoisotopic (exact) mass is 468 g/mol. The molecule has 2 atom stereocenters. The third-order valence-electron chi connectivity index (χ3n) is 4.66. The lowest BCUT2D eigenvalue weighted by Crippen LogP contribution is -2.39. The van der Waals surface area contributed by atoms with E-state index >= 15 is 0 Å². The molecule has 0 aliphatic carbocycles. The zero-order chi connectivity index (χ0) is 17.0. The molecule has 148 valence electrons. The largest absolute Gasteiger partial charge is 0.379 e. The van der Waals surface area contributed by atoms with Crippen molar-refractivity contribution in [2.45, 2.75) is 45.1 Å². The van der Waals surface area contributed by atoms with E-state index in [1.807, 2.05) is 0 Å². The van der Waals surface area contributed by atoms with Gasteiger partial charge in [-0.05, 0) is 58.5 Å². The van der Waals surface area contributed by atoms with Crippen LogP contribution in [-0.2, 0) is 9.47 Å². The number of halogens is 1. The molecule has 0 aromatic heterocycles. The van der Waals surface area contributed by atoms with Crippen LogP contribution in [0.1, 0.15) is 39.0 Å². The molecule has 2 N–H and O–H groups in total. The summed E-state index contributed by atoms with van der Waals surface area (Å²) in [6.07, 6.45) is 6.22. The lowest BCUT2D eigenvalue weighted by atomic mass is 9.99. The molecule has 2 heterocycles. The third kappa shape index (κ3) is 9.96. The minimum Gasteiger partial charge on any atom is -0.379 e. The van der Waals surface area contributed by atoms with Crippen LogP contribution in [0.25, 0.3) is 0 Å². The average Bonchev–Trinajstić information content (AvgIpc) is 3.09. The Balaban J connectivity index is 0.00000312. The van der Waals surface area contributed by atoms with Crippen molar-refractivity contribution >= 4 is 29.9 Å². The fourth-order valence-corrected chi connectivity index (χ4v) is 3.36. The zero-order valence-corrected chi connectivity index (χ0v) is 18.3. The lowest BCUT2D eigenvalue weighted by molar-refractivity contribution is 0.0168. The molecule has 2 unspecified atom stereocenters. The maximum absolute atomic E-state index is 5.70. The Kier molecular flexibility index (Phi) is 12.8. The molecule has 0 amide bonds. The molecule has 0 aromatic rings. The molecule has 2 aliphatic rings. The van der Waals surface area contributed by atoms with Gasteiger partial charge in [0.2, 0.25) is 0 Å². The minimum atomic E-state index is 0. The topological polar surface area (TPSA) is 58.1 Å². The van der Waals surface area contributed by atoms with Crippen molar-refractivity contribution in [3.8, 4) is 0 Å². The molecular formula is C18H37IN4O2. The quantitative estimate of drug-likeness (QED) is 0.235. The van der Waals surface area contributed by atoms with Gasteiger partial charge < -0.3 is 25.0 Å². The number of nitrogens with zero attached hydrogens (tertiary/aromatic N) is 2. The molecule has 2 fully saturated rings. The average molecular weight is 468 g/mol. The molecule has 0 spiro atoms. The molecule has 0 bridgehead atoms. The zero-order valence-electron chi connectivity index (χ0n) is 16.0. The van der Waals surface area contributed by atoms with Crippen LogP contribution in [-0.4, -0.2) is 76.6 Å². The number of hydrogen-bond donors (Lipinski definition) is 2. The third-order valence-corrected chi connectivity index (χ3v) is 4.66. The van der Waals surface area contributed by atoms with Crippen LogP contribution in [0.15, 0.2) is 4.99 Å². The first-order valence-corrected chi connectivity index (χ1v) is 9.68. The second kappa shape index (κ2) is 14.0. The molecule has 25 heavy (non-hydrogen) atoms. The van der Waals surface area contributed by atoms with Gasteiger partial charge in [-0.3, -0.25) is 4.99 Å². The van der Waals surface area contributed by atoms with Crippen molar-refractivity contribution in [3.63, 3.8) is 0 Å². The Hall–Kier alpha value is -0.120. The smallest absolute Gasteiger partial charge is 0.191 e. The number of nitrogens with one attached hydrogen (secondary N) is 2. The summed E-state index contributed by atoms with van der Waals surface area (Å²) in [4.78, 5) is 7.17. The SMILES string of the molecule is CCNC(=NCC1CCCN(C)C1)NCCCOCC1CCCO1.I. The van der Waals surface area contributed by atoms with Crippen LogP contribution in [0.3, 0.4) is 0 Å². The number of hydrogen-bond acceptors (Lipinski definition) is 4. The molecule has 6 nitrogen and oxygen atoms in total. The van der Waals surface area contributed by atoms with Gasteiger partial charge in [0.25, 0.3) is 0 Å². The van der Waals surface area contributed by atoms with Crippen LogP contribution >= 0.6 is 24.0 Å². The maximum atomic E-state index is 5.70. The molecule has 0 aromatic carbocycles. The van der Waals surface area contributed by atoms with Crippen molar-refractivity contribution in [3.05, 3.63) is 0 Å². The van der Waals surface area contributed by atoms with Crippen LogP contribution in [0.5, 0.6) is 0 Å². The highest BCUT2D eigenvalue weighted by Crippen LogP contribution is 2.15. The van der Waals surface area contributed by atoms with Crippen LogP contribution in [0.2, 0.25) is 0 Å². The molecule has 2 rings (SSSR count). The van der Waals surface area contributed by atoms with Gasteiger partial charge in [-0.2, -0.15) is 0 Å². The summed E-state index contributed by atoms with van der Waals surface area (Å²) in [5.74, 6) is 1.62. The van der Waals surface area contributed by atoms with Crippen molar-refractivity contribution in [1.82, 2.24) is 15.5 Å². The Labute approximate surface area is 170 Å². The molecule has 0 saturated carbocycles. The first-order valence-electron chi connectivity index (χ1n) is 9.68. The van der Waals surface area contributed by atoms with Crippen molar-refractivity contribution in [2.75, 3.05) is 59.6 Å². The van der Waals surface area contributed by atoms with E-state index in [0.717, 1.165) is 58.3 Å². The van der Waals surface area contributed by atoms with E-state index in [1.54, 1.807) is 0 Å². The van der Waals surface area contributed by atoms with Crippen molar-refractivity contribution in [2.24, 2.45) is 10.9 Å². The predicted octanol–water partition coefficient (Wildman–Crippen LogP) is 2.09. The summed E-state index contributed by atoms with van der Waals surface area (Å²) < 4.78 is 11.2. The van der Waals surface area contributed by atoms with Gasteiger partial charge in [0.1, 0.15) is 0 Å². The minimum absolute atomic E-state index is 0. The van der Waals surface area contributed by atoms with Crippen LogP contribution in [0.4, 0.5) is 0 Å². The van der Waals surface area contributed by atoms with Gasteiger partial charge >= 0.3 is 0 Å². The fourth-order valence-electron chi connectivity index (χ4n) is 3.36. The Morgan fingerprint density at radius 2 is 2.16 bits per heavy atom. The number of piperidine rings is 1. The van der Waals surface area contributed by atoms with E-state index in [9.17, 15) is 0 Å². The van der Waals surface area contributed by atoms with Crippen molar-refractivity contribution < 1.29 is 9.47 Å². The summed E-state index contributed by atoms with van der Waals surface area (Å²) >= 11 is 0. The molecule has 0 radical (unpaired) electrons. The summed E-state index contributed by atoms with van der Waals surface area (Å²) in [6.45, 7) is 9.61. The predicted molar refractivity (Wildman–Crippen MR) is 114 cm³/mol. The molecule has 2 aliphatic heterocycles. The van der Waals surface area contributed by atoms with E-state index in [4.69, 9.17) is 14.5 Å². The molecular weight excluding hydrogens is 431 g/mol. The highest BCUT2D eigenvalue weighted by atomic mass is 127. The maximum Gasteiger partial charge on any atom is 0.191 e. The fraction of sp³-hybridized carbons (Fsp3) is 0.944. The number of aliphatic imine (C=N–C) groups is 1. The first kappa shape index (κ1) is 22.9. The number of rotatable bonds is 9. The Bertz CT molecular complexity index is 365. The van der Waals surface area contributed by atoms with Gasteiger partial charge in [0, 0.05) is 39.4 Å². The van der Waals surface area contributed by atoms with E-state index in [-0.39, 0.29) is 24.0 Å². The van der Waals surface area contributed by atoms with E-state index in [2.05, 4.69) is 29.5 Å². The molecule has 7 heteroatoms. The first-order chi connectivity index (χ1) is 11.8. The van der Waals surface area contributed by atoms with Gasteiger partial charge in [-0.1, -0.05) is 0 Å². The highest BCUT2D eigenvalue weighted by Gasteiger charge is 2.17. The van der Waals surface area contributed by atoms with E-state index in [1.165, 1.54) is 32.4 Å². The summed E-state index contributed by atoms with van der Waals surface area (Å²) in [6, 6.07) is 0. The van der Waals surface area contributed by atoms with Crippen LogP contribution in [0, 0.1) is 5.92 Å². The van der Waals surface area contributed by atoms with E-state index < -0.39 is 0 Å².